The highest BCUT2D eigenvalue weighted by atomic mass is 32.2. The minimum Gasteiger partial charge on any atom is -0.317 e. The summed E-state index contributed by atoms with van der Waals surface area (Å²) in [6.45, 7) is 1.22. The fourth-order valence-corrected chi connectivity index (χ4v) is 3.47. The molecule has 1 fully saturated rings. The molecule has 7 nitrogen and oxygen atoms in total. The van der Waals surface area contributed by atoms with Gasteiger partial charge in [-0.2, -0.15) is 4.39 Å². The Morgan fingerprint density at radius 1 is 1.24 bits per heavy atom. The van der Waals surface area contributed by atoms with Gasteiger partial charge in [-0.05, 0) is 25.9 Å². The quantitative estimate of drug-likeness (QED) is 0.634. The van der Waals surface area contributed by atoms with Gasteiger partial charge in [-0.25, -0.2) is 17.5 Å². The highest BCUT2D eigenvalue weighted by Gasteiger charge is 2.28. The molecule has 0 aliphatic carbocycles. The van der Waals surface area contributed by atoms with E-state index >= 15 is 0 Å². The summed E-state index contributed by atoms with van der Waals surface area (Å²) >= 11 is 0. The van der Waals surface area contributed by atoms with Crippen LogP contribution in [-0.4, -0.2) is 32.5 Å². The van der Waals surface area contributed by atoms with Crippen molar-refractivity contribution in [3.05, 3.63) is 33.9 Å². The number of benzene rings is 1. The number of rotatable bonds is 4. The predicted octanol–water partition coefficient (Wildman–Crippen LogP) is 0.903. The van der Waals surface area contributed by atoms with E-state index in [9.17, 15) is 27.3 Å². The van der Waals surface area contributed by atoms with Gasteiger partial charge in [0.2, 0.25) is 15.8 Å². The van der Waals surface area contributed by atoms with Crippen LogP contribution in [0.5, 0.6) is 0 Å². The molecule has 1 aliphatic rings. The van der Waals surface area contributed by atoms with Crippen molar-refractivity contribution >= 4 is 15.7 Å². The topological polar surface area (TPSA) is 101 Å². The molecule has 0 saturated carbocycles. The van der Waals surface area contributed by atoms with E-state index in [0.29, 0.717) is 32.0 Å². The third kappa shape index (κ3) is 3.52. The number of nitro benzene ring substituents is 1. The molecule has 0 aromatic heterocycles. The van der Waals surface area contributed by atoms with Gasteiger partial charge in [-0.3, -0.25) is 10.1 Å². The molecule has 10 heteroatoms. The number of nitrogens with zero attached hydrogens (tertiary/aromatic N) is 1. The zero-order chi connectivity index (χ0) is 15.6. The summed E-state index contributed by atoms with van der Waals surface area (Å²) in [4.78, 5) is 8.60. The molecular formula is C11H13F2N3O4S. The molecular weight excluding hydrogens is 308 g/mol. The first-order valence-electron chi connectivity index (χ1n) is 6.18. The van der Waals surface area contributed by atoms with Crippen LogP contribution in [0.2, 0.25) is 0 Å². The molecule has 0 unspecified atom stereocenters. The standard InChI is InChI=1S/C11H13F2N3O4S/c12-8-5-9(13)11(6-10(8)16(17)18)21(19,20)15-7-1-3-14-4-2-7/h5-7,14-15H,1-4H2. The second-order valence-electron chi connectivity index (χ2n) is 4.64. The summed E-state index contributed by atoms with van der Waals surface area (Å²) < 4.78 is 53.3. The Labute approximate surface area is 119 Å². The number of hydrogen-bond acceptors (Lipinski definition) is 5. The minimum atomic E-state index is -4.29. The Morgan fingerprint density at radius 3 is 2.43 bits per heavy atom. The van der Waals surface area contributed by atoms with Crippen LogP contribution >= 0.6 is 0 Å². The molecule has 1 heterocycles. The first-order chi connectivity index (χ1) is 9.81. The lowest BCUT2D eigenvalue weighted by Crippen LogP contribution is -2.42. The van der Waals surface area contributed by atoms with Crippen molar-refractivity contribution in [1.29, 1.82) is 0 Å². The molecule has 1 aliphatic heterocycles. The highest BCUT2D eigenvalue weighted by Crippen LogP contribution is 2.25. The number of hydrogen-bond donors (Lipinski definition) is 2. The number of sulfonamides is 1. The fourth-order valence-electron chi connectivity index (χ4n) is 2.09. The first kappa shape index (κ1) is 15.7. The van der Waals surface area contributed by atoms with Gasteiger partial charge in [0.05, 0.1) is 4.92 Å². The van der Waals surface area contributed by atoms with Gasteiger partial charge >= 0.3 is 5.69 Å². The van der Waals surface area contributed by atoms with Gasteiger partial charge in [0.1, 0.15) is 10.7 Å². The molecule has 1 aromatic carbocycles. The lowest BCUT2D eigenvalue weighted by Gasteiger charge is -2.23. The summed E-state index contributed by atoms with van der Waals surface area (Å²) in [5.74, 6) is -2.78. The number of nitrogens with one attached hydrogen (secondary N) is 2. The Bertz CT molecular complexity index is 660. The molecule has 0 spiro atoms. The maximum atomic E-state index is 13.6. The molecule has 21 heavy (non-hydrogen) atoms. The zero-order valence-electron chi connectivity index (χ0n) is 10.8. The number of nitro groups is 1. The summed E-state index contributed by atoms with van der Waals surface area (Å²) in [6, 6.07) is 0.211. The van der Waals surface area contributed by atoms with Gasteiger partial charge < -0.3 is 5.32 Å². The lowest BCUT2D eigenvalue weighted by molar-refractivity contribution is -0.387. The van der Waals surface area contributed by atoms with Gasteiger partial charge in [0.15, 0.2) is 0 Å². The van der Waals surface area contributed by atoms with Crippen molar-refractivity contribution in [1.82, 2.24) is 10.0 Å². The SMILES string of the molecule is O=[N+]([O-])c1cc(S(=O)(=O)NC2CCNCC2)c(F)cc1F. The van der Waals surface area contributed by atoms with E-state index < -0.39 is 37.2 Å². The number of halogens is 2. The largest absolute Gasteiger partial charge is 0.317 e. The summed E-state index contributed by atoms with van der Waals surface area (Å²) in [6.07, 6.45) is 1.04. The summed E-state index contributed by atoms with van der Waals surface area (Å²) in [7, 11) is -4.29. The monoisotopic (exact) mass is 321 g/mol. The van der Waals surface area contributed by atoms with Crippen LogP contribution in [0.25, 0.3) is 0 Å². The first-order valence-corrected chi connectivity index (χ1v) is 7.66. The molecule has 1 saturated heterocycles. The van der Waals surface area contributed by atoms with Gasteiger partial charge in [-0.1, -0.05) is 0 Å². The molecule has 0 amide bonds. The Morgan fingerprint density at radius 2 is 1.86 bits per heavy atom. The van der Waals surface area contributed by atoms with Crippen molar-refractivity contribution in [2.45, 2.75) is 23.8 Å². The van der Waals surface area contributed by atoms with E-state index in [1.54, 1.807) is 0 Å². The van der Waals surface area contributed by atoms with Gasteiger partial charge in [0, 0.05) is 18.2 Å². The number of piperidine rings is 1. The van der Waals surface area contributed by atoms with E-state index in [4.69, 9.17) is 0 Å². The van der Waals surface area contributed by atoms with Crippen LogP contribution in [0.4, 0.5) is 14.5 Å². The molecule has 2 rings (SSSR count). The van der Waals surface area contributed by atoms with E-state index in [-0.39, 0.29) is 12.1 Å². The summed E-state index contributed by atoms with van der Waals surface area (Å²) in [5.41, 5.74) is -1.08. The van der Waals surface area contributed by atoms with Crippen LogP contribution in [0, 0.1) is 21.7 Å². The lowest BCUT2D eigenvalue weighted by atomic mass is 10.1. The molecule has 0 atom stereocenters. The van der Waals surface area contributed by atoms with Gasteiger partial charge in [-0.15, -0.1) is 0 Å². The van der Waals surface area contributed by atoms with Crippen molar-refractivity contribution < 1.29 is 22.1 Å². The molecule has 0 bridgehead atoms. The normalized spacial score (nSPS) is 16.9. The highest BCUT2D eigenvalue weighted by molar-refractivity contribution is 7.89. The van der Waals surface area contributed by atoms with E-state index in [2.05, 4.69) is 10.0 Å². The van der Waals surface area contributed by atoms with Crippen molar-refractivity contribution in [3.8, 4) is 0 Å². The van der Waals surface area contributed by atoms with Crippen LogP contribution in [0.15, 0.2) is 17.0 Å². The fraction of sp³-hybridized carbons (Fsp3) is 0.455. The van der Waals surface area contributed by atoms with Crippen LogP contribution in [0.1, 0.15) is 12.8 Å². The average molecular weight is 321 g/mol. The van der Waals surface area contributed by atoms with Crippen LogP contribution < -0.4 is 10.0 Å². The molecule has 116 valence electrons. The Hall–Kier alpha value is -1.65. The van der Waals surface area contributed by atoms with Gasteiger partial charge in [0.25, 0.3) is 0 Å². The van der Waals surface area contributed by atoms with E-state index in [1.165, 1.54) is 0 Å². The van der Waals surface area contributed by atoms with Crippen molar-refractivity contribution in [2.24, 2.45) is 0 Å². The summed E-state index contributed by atoms with van der Waals surface area (Å²) in [5, 5.41) is 13.7. The third-order valence-electron chi connectivity index (χ3n) is 3.15. The van der Waals surface area contributed by atoms with Crippen LogP contribution in [0.3, 0.4) is 0 Å². The van der Waals surface area contributed by atoms with Crippen LogP contribution in [-0.2, 0) is 10.0 Å². The zero-order valence-corrected chi connectivity index (χ0v) is 11.6. The second kappa shape index (κ2) is 6.00. The molecule has 2 N–H and O–H groups in total. The smallest absolute Gasteiger partial charge is 0.306 e. The second-order valence-corrected chi connectivity index (χ2v) is 6.32. The third-order valence-corrected chi connectivity index (χ3v) is 4.68. The van der Waals surface area contributed by atoms with E-state index in [0.717, 1.165) is 0 Å². The van der Waals surface area contributed by atoms with Crippen molar-refractivity contribution in [2.75, 3.05) is 13.1 Å². The van der Waals surface area contributed by atoms with Crippen molar-refractivity contribution in [3.63, 3.8) is 0 Å². The Kier molecular flexibility index (Phi) is 4.49. The maximum Gasteiger partial charge on any atom is 0.306 e. The predicted molar refractivity (Wildman–Crippen MR) is 69.2 cm³/mol. The Balaban J connectivity index is 2.34. The average Bonchev–Trinajstić information content (AvgIpc) is 2.38. The minimum absolute atomic E-state index is 0.203. The van der Waals surface area contributed by atoms with E-state index in [1.807, 2.05) is 0 Å². The molecule has 0 radical (unpaired) electrons. The maximum absolute atomic E-state index is 13.6. The molecule has 1 aromatic rings.